The lowest BCUT2D eigenvalue weighted by Gasteiger charge is -2.34. The summed E-state index contributed by atoms with van der Waals surface area (Å²) in [5, 5.41) is 7.08. The average Bonchev–Trinajstić information content (AvgIpc) is 2.58. The minimum atomic E-state index is -0.410. The summed E-state index contributed by atoms with van der Waals surface area (Å²) in [4.78, 5) is 23.2. The molecule has 0 atom stereocenters. The number of hydrogen-bond donors (Lipinski definition) is 2. The van der Waals surface area contributed by atoms with Gasteiger partial charge < -0.3 is 19.8 Å². The number of ether oxygens (including phenoxy) is 1. The van der Waals surface area contributed by atoms with Crippen LogP contribution in [0.5, 0.6) is 5.75 Å². The molecule has 3 rings (SSSR count). The van der Waals surface area contributed by atoms with Crippen LogP contribution in [-0.4, -0.2) is 32.1 Å². The average molecular weight is 330 g/mol. The maximum atomic E-state index is 12.0. The van der Waals surface area contributed by atoms with Crippen molar-refractivity contribution in [3.63, 3.8) is 0 Å². The van der Waals surface area contributed by atoms with E-state index in [1.54, 1.807) is 24.3 Å². The van der Waals surface area contributed by atoms with Crippen LogP contribution in [0.2, 0.25) is 0 Å². The fraction of sp³-hybridized carbons (Fsp3) is 0.444. The lowest BCUT2D eigenvalue weighted by molar-refractivity contribution is -0.123. The highest BCUT2D eigenvalue weighted by Gasteiger charge is 2.26. The third kappa shape index (κ3) is 4.14. The third-order valence-electron chi connectivity index (χ3n) is 4.49. The Hall–Kier alpha value is -2.34. The number of piperidine rings is 1. The predicted octanol–water partition coefficient (Wildman–Crippen LogP) is 1.68. The molecule has 1 amide bonds. The molecule has 1 saturated heterocycles. The van der Waals surface area contributed by atoms with Gasteiger partial charge in [0, 0.05) is 24.1 Å². The SMILES string of the molecule is CC1(CNC(=O)COc2ccc3ccc(=O)oc3c2)CCNCC1. The van der Waals surface area contributed by atoms with Crippen molar-refractivity contribution in [2.75, 3.05) is 26.2 Å². The highest BCUT2D eigenvalue weighted by atomic mass is 16.5. The molecular weight excluding hydrogens is 308 g/mol. The molecule has 0 bridgehead atoms. The number of rotatable bonds is 5. The topological polar surface area (TPSA) is 80.6 Å². The first kappa shape index (κ1) is 16.5. The number of carbonyl (C=O) groups excluding carboxylic acids is 1. The number of benzene rings is 1. The molecule has 128 valence electrons. The van der Waals surface area contributed by atoms with Crippen molar-refractivity contribution in [1.29, 1.82) is 0 Å². The molecule has 1 fully saturated rings. The molecule has 1 aliphatic rings. The first-order valence-electron chi connectivity index (χ1n) is 8.18. The van der Waals surface area contributed by atoms with Crippen molar-refractivity contribution < 1.29 is 13.9 Å². The lowest BCUT2D eigenvalue weighted by Crippen LogP contribution is -2.43. The molecule has 0 aliphatic carbocycles. The van der Waals surface area contributed by atoms with Gasteiger partial charge in [0.2, 0.25) is 0 Å². The predicted molar refractivity (Wildman–Crippen MR) is 91.2 cm³/mol. The number of amides is 1. The van der Waals surface area contributed by atoms with Crippen molar-refractivity contribution in [3.05, 3.63) is 40.8 Å². The molecule has 6 heteroatoms. The second kappa shape index (κ2) is 7.05. The standard InChI is InChI=1S/C18H22N2O4/c1-18(6-8-19-9-7-18)12-20-16(21)11-23-14-4-2-13-3-5-17(22)24-15(13)10-14/h2-5,10,19H,6-9,11-12H2,1H3,(H,20,21). The number of fused-ring (bicyclic) bond motifs is 1. The Kier molecular flexibility index (Phi) is 4.85. The normalized spacial score (nSPS) is 16.7. The monoisotopic (exact) mass is 330 g/mol. The largest absolute Gasteiger partial charge is 0.484 e. The van der Waals surface area contributed by atoms with Crippen LogP contribution in [0.3, 0.4) is 0 Å². The molecule has 1 aromatic heterocycles. The van der Waals surface area contributed by atoms with Crippen molar-refractivity contribution in [3.8, 4) is 5.75 Å². The van der Waals surface area contributed by atoms with Gasteiger partial charge in [-0.15, -0.1) is 0 Å². The van der Waals surface area contributed by atoms with E-state index in [1.165, 1.54) is 6.07 Å². The Morgan fingerprint density at radius 1 is 1.29 bits per heavy atom. The van der Waals surface area contributed by atoms with Gasteiger partial charge in [0.05, 0.1) is 0 Å². The number of nitrogens with one attached hydrogen (secondary N) is 2. The van der Waals surface area contributed by atoms with E-state index in [9.17, 15) is 9.59 Å². The summed E-state index contributed by atoms with van der Waals surface area (Å²) in [5.74, 6) is 0.351. The summed E-state index contributed by atoms with van der Waals surface area (Å²) in [5.41, 5.74) is 0.183. The van der Waals surface area contributed by atoms with Crippen LogP contribution in [0, 0.1) is 5.41 Å². The van der Waals surface area contributed by atoms with E-state index in [0.717, 1.165) is 31.3 Å². The molecule has 1 aromatic carbocycles. The molecule has 6 nitrogen and oxygen atoms in total. The molecule has 2 aromatic rings. The molecule has 0 radical (unpaired) electrons. The molecule has 1 aliphatic heterocycles. The quantitative estimate of drug-likeness (QED) is 0.815. The number of hydrogen-bond acceptors (Lipinski definition) is 5. The summed E-state index contributed by atoms with van der Waals surface area (Å²) in [6.07, 6.45) is 2.11. The fourth-order valence-corrected chi connectivity index (χ4v) is 2.85. The van der Waals surface area contributed by atoms with Crippen LogP contribution in [0.4, 0.5) is 0 Å². The van der Waals surface area contributed by atoms with E-state index in [1.807, 2.05) is 0 Å². The summed E-state index contributed by atoms with van der Waals surface area (Å²) >= 11 is 0. The second-order valence-corrected chi connectivity index (χ2v) is 6.58. The zero-order chi connectivity index (χ0) is 17.0. The molecular formula is C18H22N2O4. The van der Waals surface area contributed by atoms with Gasteiger partial charge in [-0.2, -0.15) is 0 Å². The van der Waals surface area contributed by atoms with Gasteiger partial charge in [0.25, 0.3) is 5.91 Å². The van der Waals surface area contributed by atoms with E-state index < -0.39 is 5.63 Å². The zero-order valence-electron chi connectivity index (χ0n) is 13.8. The maximum Gasteiger partial charge on any atom is 0.336 e. The summed E-state index contributed by atoms with van der Waals surface area (Å²) in [7, 11) is 0. The highest BCUT2D eigenvalue weighted by molar-refractivity contribution is 5.79. The number of carbonyl (C=O) groups is 1. The Morgan fingerprint density at radius 3 is 2.83 bits per heavy atom. The van der Waals surface area contributed by atoms with Crippen LogP contribution in [0.15, 0.2) is 39.5 Å². The van der Waals surface area contributed by atoms with Crippen molar-refractivity contribution in [2.45, 2.75) is 19.8 Å². The lowest BCUT2D eigenvalue weighted by atomic mass is 9.81. The molecule has 0 unspecified atom stereocenters. The van der Waals surface area contributed by atoms with Gasteiger partial charge >= 0.3 is 5.63 Å². The van der Waals surface area contributed by atoms with Gasteiger partial charge in [-0.1, -0.05) is 6.92 Å². The molecule has 24 heavy (non-hydrogen) atoms. The van der Waals surface area contributed by atoms with Crippen LogP contribution >= 0.6 is 0 Å². The van der Waals surface area contributed by atoms with Crippen molar-refractivity contribution in [2.24, 2.45) is 5.41 Å². The van der Waals surface area contributed by atoms with E-state index >= 15 is 0 Å². The van der Waals surface area contributed by atoms with Crippen LogP contribution in [0.1, 0.15) is 19.8 Å². The molecule has 0 saturated carbocycles. The van der Waals surface area contributed by atoms with Crippen LogP contribution < -0.4 is 21.0 Å². The fourth-order valence-electron chi connectivity index (χ4n) is 2.85. The van der Waals surface area contributed by atoms with Gasteiger partial charge in [0.15, 0.2) is 6.61 Å². The minimum Gasteiger partial charge on any atom is -0.484 e. The van der Waals surface area contributed by atoms with E-state index in [4.69, 9.17) is 9.15 Å². The Labute approximate surface area is 140 Å². The van der Waals surface area contributed by atoms with Crippen LogP contribution in [-0.2, 0) is 4.79 Å². The highest BCUT2D eigenvalue weighted by Crippen LogP contribution is 2.26. The first-order valence-corrected chi connectivity index (χ1v) is 8.18. The van der Waals surface area contributed by atoms with Gasteiger partial charge in [-0.05, 0) is 49.5 Å². The van der Waals surface area contributed by atoms with E-state index in [2.05, 4.69) is 17.6 Å². The van der Waals surface area contributed by atoms with Crippen LogP contribution in [0.25, 0.3) is 11.0 Å². The van der Waals surface area contributed by atoms with Gasteiger partial charge in [0.1, 0.15) is 11.3 Å². The molecule has 0 spiro atoms. The first-order chi connectivity index (χ1) is 11.5. The summed E-state index contributed by atoms with van der Waals surface area (Å²) in [6, 6.07) is 8.23. The van der Waals surface area contributed by atoms with Crippen molar-refractivity contribution >= 4 is 16.9 Å². The van der Waals surface area contributed by atoms with Gasteiger partial charge in [-0.3, -0.25) is 4.79 Å². The Balaban J connectivity index is 1.53. The van der Waals surface area contributed by atoms with Gasteiger partial charge in [-0.25, -0.2) is 4.79 Å². The Morgan fingerprint density at radius 2 is 2.04 bits per heavy atom. The zero-order valence-corrected chi connectivity index (χ0v) is 13.8. The van der Waals surface area contributed by atoms with E-state index in [-0.39, 0.29) is 17.9 Å². The minimum absolute atomic E-state index is 0.0586. The second-order valence-electron chi connectivity index (χ2n) is 6.58. The summed E-state index contributed by atoms with van der Waals surface area (Å²) in [6.45, 7) is 4.77. The smallest absolute Gasteiger partial charge is 0.336 e. The third-order valence-corrected chi connectivity index (χ3v) is 4.49. The molecule has 2 N–H and O–H groups in total. The Bertz CT molecular complexity index is 778. The molecule has 2 heterocycles. The van der Waals surface area contributed by atoms with Crippen molar-refractivity contribution in [1.82, 2.24) is 10.6 Å². The maximum absolute atomic E-state index is 12.0. The summed E-state index contributed by atoms with van der Waals surface area (Å²) < 4.78 is 10.6. The van der Waals surface area contributed by atoms with E-state index in [0.29, 0.717) is 17.9 Å².